The normalized spacial score (nSPS) is 17.3. The van der Waals surface area contributed by atoms with Gasteiger partial charge in [0.2, 0.25) is 5.88 Å². The van der Waals surface area contributed by atoms with Crippen LogP contribution in [-0.2, 0) is 6.42 Å². The Kier molecular flexibility index (Phi) is 2.29. The Labute approximate surface area is 99.4 Å². The molecule has 0 bridgehead atoms. The van der Waals surface area contributed by atoms with E-state index in [1.807, 2.05) is 6.20 Å². The lowest BCUT2D eigenvalue weighted by Crippen LogP contribution is -2.22. The third-order valence-electron chi connectivity index (χ3n) is 3.43. The number of ether oxygens (including phenoxy) is 1. The summed E-state index contributed by atoms with van der Waals surface area (Å²) >= 11 is 0. The average Bonchev–Trinajstić information content (AvgIpc) is 2.95. The van der Waals surface area contributed by atoms with Gasteiger partial charge in [0.05, 0.1) is 13.3 Å². The fourth-order valence-electron chi connectivity index (χ4n) is 2.02. The van der Waals surface area contributed by atoms with Gasteiger partial charge in [-0.3, -0.25) is 0 Å². The molecule has 90 valence electrons. The number of nitrogens with zero attached hydrogens (tertiary/aromatic N) is 2. The molecule has 1 aliphatic rings. The lowest BCUT2D eigenvalue weighted by Gasteiger charge is -2.06. The zero-order chi connectivity index (χ0) is 11.9. The zero-order valence-electron chi connectivity index (χ0n) is 9.86. The summed E-state index contributed by atoms with van der Waals surface area (Å²) in [6, 6.07) is 0. The van der Waals surface area contributed by atoms with E-state index in [4.69, 9.17) is 10.5 Å². The van der Waals surface area contributed by atoms with Gasteiger partial charge in [0.1, 0.15) is 5.52 Å². The van der Waals surface area contributed by atoms with Crippen LogP contribution in [0.2, 0.25) is 0 Å². The minimum absolute atomic E-state index is 0.0868. The number of nitrogens with two attached hydrogens (primary N) is 1. The minimum atomic E-state index is 0.0868. The van der Waals surface area contributed by atoms with Gasteiger partial charge in [0, 0.05) is 11.7 Å². The second kappa shape index (κ2) is 3.70. The van der Waals surface area contributed by atoms with E-state index in [-0.39, 0.29) is 5.54 Å². The molecule has 0 saturated heterocycles. The fourth-order valence-corrected chi connectivity index (χ4v) is 2.02. The number of hydrogen-bond donors (Lipinski definition) is 2. The fraction of sp³-hybridized carbons (Fsp3) is 0.500. The highest BCUT2D eigenvalue weighted by atomic mass is 16.5. The molecule has 0 spiro atoms. The molecule has 5 nitrogen and oxygen atoms in total. The van der Waals surface area contributed by atoms with Crippen molar-refractivity contribution >= 4 is 11.2 Å². The largest absolute Gasteiger partial charge is 0.480 e. The summed E-state index contributed by atoms with van der Waals surface area (Å²) in [5.74, 6) is 0.531. The van der Waals surface area contributed by atoms with Gasteiger partial charge in [-0.2, -0.15) is 4.98 Å². The first-order valence-corrected chi connectivity index (χ1v) is 5.86. The van der Waals surface area contributed by atoms with Crippen LogP contribution in [0.5, 0.6) is 5.88 Å². The molecular weight excluding hydrogens is 216 g/mol. The standard InChI is InChI=1S/C12H16N4O/c1-17-9-7-14-10-8(6-15-11(10)16-9)2-3-12(13)4-5-12/h6-7H,2-5,13H2,1H3,(H,15,16). The zero-order valence-corrected chi connectivity index (χ0v) is 9.86. The van der Waals surface area contributed by atoms with Crippen molar-refractivity contribution < 1.29 is 4.74 Å². The molecule has 17 heavy (non-hydrogen) atoms. The van der Waals surface area contributed by atoms with Gasteiger partial charge in [-0.25, -0.2) is 4.98 Å². The van der Waals surface area contributed by atoms with E-state index in [0.29, 0.717) is 5.88 Å². The average molecular weight is 232 g/mol. The molecule has 0 atom stereocenters. The number of fused-ring (bicyclic) bond motifs is 1. The number of aromatic nitrogens is 3. The van der Waals surface area contributed by atoms with Crippen molar-refractivity contribution in [3.05, 3.63) is 18.0 Å². The van der Waals surface area contributed by atoms with Crippen molar-refractivity contribution in [2.24, 2.45) is 5.73 Å². The number of nitrogens with one attached hydrogen (secondary N) is 1. The quantitative estimate of drug-likeness (QED) is 0.835. The van der Waals surface area contributed by atoms with Crippen LogP contribution in [0.15, 0.2) is 12.4 Å². The SMILES string of the molecule is COc1cnc2c(CCC3(N)CC3)c[nH]c2n1. The maximum atomic E-state index is 6.09. The maximum absolute atomic E-state index is 6.09. The summed E-state index contributed by atoms with van der Waals surface area (Å²) < 4.78 is 5.04. The molecule has 3 N–H and O–H groups in total. The summed E-state index contributed by atoms with van der Waals surface area (Å²) in [6.45, 7) is 0. The molecule has 2 aromatic heterocycles. The second-order valence-electron chi connectivity index (χ2n) is 4.79. The smallest absolute Gasteiger partial charge is 0.234 e. The van der Waals surface area contributed by atoms with Crippen molar-refractivity contribution in [1.29, 1.82) is 0 Å². The third-order valence-corrected chi connectivity index (χ3v) is 3.43. The lowest BCUT2D eigenvalue weighted by atomic mass is 10.1. The van der Waals surface area contributed by atoms with Crippen LogP contribution in [-0.4, -0.2) is 27.6 Å². The molecule has 3 rings (SSSR count). The Bertz CT molecular complexity index is 544. The molecule has 2 aromatic rings. The van der Waals surface area contributed by atoms with Crippen molar-refractivity contribution in [2.75, 3.05) is 7.11 Å². The number of hydrogen-bond acceptors (Lipinski definition) is 4. The number of aryl methyl sites for hydroxylation is 1. The Balaban J connectivity index is 1.84. The molecule has 0 unspecified atom stereocenters. The molecule has 0 radical (unpaired) electrons. The van der Waals surface area contributed by atoms with E-state index in [1.165, 1.54) is 5.56 Å². The Hall–Kier alpha value is -1.62. The van der Waals surface area contributed by atoms with E-state index in [1.54, 1.807) is 13.3 Å². The predicted octanol–water partition coefficient (Wildman–Crippen LogP) is 1.39. The van der Waals surface area contributed by atoms with E-state index < -0.39 is 0 Å². The van der Waals surface area contributed by atoms with E-state index in [2.05, 4.69) is 15.0 Å². The van der Waals surface area contributed by atoms with Crippen LogP contribution >= 0.6 is 0 Å². The number of H-pyrrole nitrogens is 1. The number of rotatable bonds is 4. The molecule has 0 aliphatic heterocycles. The highest BCUT2D eigenvalue weighted by Gasteiger charge is 2.37. The van der Waals surface area contributed by atoms with Crippen LogP contribution in [0.1, 0.15) is 24.8 Å². The Morgan fingerprint density at radius 3 is 3.06 bits per heavy atom. The second-order valence-corrected chi connectivity index (χ2v) is 4.79. The first-order valence-electron chi connectivity index (χ1n) is 5.86. The maximum Gasteiger partial charge on any atom is 0.234 e. The van der Waals surface area contributed by atoms with Crippen LogP contribution in [0.4, 0.5) is 0 Å². The van der Waals surface area contributed by atoms with Crippen LogP contribution in [0, 0.1) is 0 Å². The van der Waals surface area contributed by atoms with Gasteiger partial charge in [-0.1, -0.05) is 0 Å². The van der Waals surface area contributed by atoms with E-state index in [9.17, 15) is 0 Å². The Morgan fingerprint density at radius 1 is 1.53 bits per heavy atom. The van der Waals surface area contributed by atoms with Gasteiger partial charge in [-0.15, -0.1) is 0 Å². The molecular formula is C12H16N4O. The summed E-state index contributed by atoms with van der Waals surface area (Å²) in [5, 5.41) is 0. The summed E-state index contributed by atoms with van der Waals surface area (Å²) in [4.78, 5) is 11.8. The monoisotopic (exact) mass is 232 g/mol. The molecule has 1 fully saturated rings. The summed E-state index contributed by atoms with van der Waals surface area (Å²) in [5.41, 5.74) is 9.07. The van der Waals surface area contributed by atoms with Crippen LogP contribution < -0.4 is 10.5 Å². The van der Waals surface area contributed by atoms with Gasteiger partial charge < -0.3 is 15.5 Å². The van der Waals surface area contributed by atoms with Crippen LogP contribution in [0.3, 0.4) is 0 Å². The van der Waals surface area contributed by atoms with Crippen molar-refractivity contribution in [3.8, 4) is 5.88 Å². The topological polar surface area (TPSA) is 76.8 Å². The van der Waals surface area contributed by atoms with Gasteiger partial charge >= 0.3 is 0 Å². The highest BCUT2D eigenvalue weighted by molar-refractivity contribution is 5.75. The van der Waals surface area contributed by atoms with Crippen molar-refractivity contribution in [1.82, 2.24) is 15.0 Å². The van der Waals surface area contributed by atoms with Crippen molar-refractivity contribution in [3.63, 3.8) is 0 Å². The molecule has 1 saturated carbocycles. The molecule has 0 amide bonds. The van der Waals surface area contributed by atoms with E-state index in [0.717, 1.165) is 36.8 Å². The molecule has 2 heterocycles. The van der Waals surface area contributed by atoms with Crippen molar-refractivity contribution in [2.45, 2.75) is 31.2 Å². The first-order chi connectivity index (χ1) is 8.20. The molecule has 5 heteroatoms. The highest BCUT2D eigenvalue weighted by Crippen LogP contribution is 2.37. The van der Waals surface area contributed by atoms with Crippen LogP contribution in [0.25, 0.3) is 11.2 Å². The molecule has 1 aliphatic carbocycles. The van der Waals surface area contributed by atoms with Gasteiger partial charge in [0.15, 0.2) is 5.65 Å². The minimum Gasteiger partial charge on any atom is -0.480 e. The summed E-state index contributed by atoms with van der Waals surface area (Å²) in [7, 11) is 1.59. The number of aromatic amines is 1. The van der Waals surface area contributed by atoms with E-state index >= 15 is 0 Å². The van der Waals surface area contributed by atoms with Gasteiger partial charge in [-0.05, 0) is 31.2 Å². The molecule has 0 aromatic carbocycles. The van der Waals surface area contributed by atoms with Gasteiger partial charge in [0.25, 0.3) is 0 Å². The number of methoxy groups -OCH3 is 1. The predicted molar refractivity (Wildman–Crippen MR) is 64.9 cm³/mol. The summed E-state index contributed by atoms with van der Waals surface area (Å²) in [6.07, 6.45) is 7.89. The first kappa shape index (κ1) is 10.5. The Morgan fingerprint density at radius 2 is 2.35 bits per heavy atom. The third kappa shape index (κ3) is 1.98. The lowest BCUT2D eigenvalue weighted by molar-refractivity contribution is 0.397.